The number of ether oxygens (including phenoxy) is 1. The number of imidazole rings is 1. The van der Waals surface area contributed by atoms with E-state index in [1.807, 2.05) is 17.8 Å². The molecule has 0 spiro atoms. The number of hydrogen-bond donors (Lipinski definition) is 1. The summed E-state index contributed by atoms with van der Waals surface area (Å²) < 4.78 is 12.3. The van der Waals surface area contributed by atoms with Crippen molar-refractivity contribution < 1.29 is 9.84 Å². The zero-order valence-corrected chi connectivity index (χ0v) is 13.2. The van der Waals surface area contributed by atoms with Crippen LogP contribution in [0, 0.1) is 0 Å². The van der Waals surface area contributed by atoms with Crippen LogP contribution < -0.4 is 0 Å². The van der Waals surface area contributed by atoms with Gasteiger partial charge in [-0.15, -0.1) is 0 Å². The molecule has 0 unspecified atom stereocenters. The molecule has 0 saturated carbocycles. The Hall–Kier alpha value is -1.28. The summed E-state index contributed by atoms with van der Waals surface area (Å²) >= 11 is 1.46. The van der Waals surface area contributed by atoms with E-state index >= 15 is 0 Å². The van der Waals surface area contributed by atoms with Gasteiger partial charge in [0.05, 0.1) is 18.9 Å². The van der Waals surface area contributed by atoms with E-state index in [2.05, 4.69) is 25.0 Å². The van der Waals surface area contributed by atoms with Gasteiger partial charge in [0.1, 0.15) is 5.82 Å². The minimum atomic E-state index is 0.170. The second-order valence-electron chi connectivity index (χ2n) is 6.04. The maximum Gasteiger partial charge on any atom is 0.142 e. The van der Waals surface area contributed by atoms with Crippen LogP contribution in [-0.2, 0) is 4.74 Å². The van der Waals surface area contributed by atoms with Gasteiger partial charge in [0.25, 0.3) is 0 Å². The zero-order chi connectivity index (χ0) is 14.9. The largest absolute Gasteiger partial charge is 0.396 e. The number of nitrogens with zero attached hydrogens (tertiary/aromatic N) is 4. The molecule has 0 aromatic carbocycles. The van der Waals surface area contributed by atoms with Gasteiger partial charge in [-0.2, -0.15) is 0 Å². The summed E-state index contributed by atoms with van der Waals surface area (Å²) in [7, 11) is 0. The highest BCUT2D eigenvalue weighted by atomic mass is 32.1. The first kappa shape index (κ1) is 14.3. The summed E-state index contributed by atoms with van der Waals surface area (Å²) in [6, 6.07) is 0.912. The monoisotopic (exact) mass is 320 g/mol. The number of aromatic nitrogens is 3. The smallest absolute Gasteiger partial charge is 0.142 e. The first-order chi connectivity index (χ1) is 10.8. The maximum absolute atomic E-state index is 9.09. The molecule has 2 aromatic rings. The number of rotatable bonds is 4. The molecule has 4 rings (SSSR count). The third-order valence-corrected chi connectivity index (χ3v) is 5.26. The lowest BCUT2D eigenvalue weighted by atomic mass is 10.1. The van der Waals surface area contributed by atoms with Crippen LogP contribution in [0.2, 0.25) is 0 Å². The van der Waals surface area contributed by atoms with Crippen LogP contribution in [-0.4, -0.2) is 62.4 Å². The molecule has 22 heavy (non-hydrogen) atoms. The average Bonchev–Trinajstić information content (AvgIpc) is 3.25. The van der Waals surface area contributed by atoms with Crippen molar-refractivity contribution in [2.45, 2.75) is 31.0 Å². The van der Waals surface area contributed by atoms with E-state index in [1.54, 1.807) is 0 Å². The highest BCUT2D eigenvalue weighted by Crippen LogP contribution is 2.33. The SMILES string of the molecule is OCC[C@H]1CN2C[C@@H](n3ccnc3-c3cnsc3)C[C@H]2CO1. The fraction of sp³-hybridized carbons (Fsp3) is 0.600. The van der Waals surface area contributed by atoms with Gasteiger partial charge in [-0.3, -0.25) is 4.90 Å². The number of aliphatic hydroxyl groups is 1. The van der Waals surface area contributed by atoms with E-state index < -0.39 is 0 Å². The molecule has 0 amide bonds. The van der Waals surface area contributed by atoms with E-state index in [1.165, 1.54) is 11.5 Å². The van der Waals surface area contributed by atoms with Crippen molar-refractivity contribution in [3.63, 3.8) is 0 Å². The molecular formula is C15H20N4O2S. The molecule has 7 heteroatoms. The third-order valence-electron chi connectivity index (χ3n) is 4.67. The van der Waals surface area contributed by atoms with Crippen LogP contribution in [0.25, 0.3) is 11.4 Å². The van der Waals surface area contributed by atoms with Crippen LogP contribution >= 0.6 is 11.5 Å². The van der Waals surface area contributed by atoms with Crippen molar-refractivity contribution in [2.75, 3.05) is 26.3 Å². The van der Waals surface area contributed by atoms with Gasteiger partial charge in [-0.05, 0) is 24.4 Å². The highest BCUT2D eigenvalue weighted by molar-refractivity contribution is 7.03. The van der Waals surface area contributed by atoms with E-state index in [-0.39, 0.29) is 12.7 Å². The van der Waals surface area contributed by atoms with Crippen molar-refractivity contribution in [2.24, 2.45) is 0 Å². The Morgan fingerprint density at radius 3 is 3.14 bits per heavy atom. The molecule has 118 valence electrons. The summed E-state index contributed by atoms with van der Waals surface area (Å²) in [5, 5.41) is 11.1. The minimum Gasteiger partial charge on any atom is -0.396 e. The summed E-state index contributed by atoms with van der Waals surface area (Å²) in [5.41, 5.74) is 1.09. The van der Waals surface area contributed by atoms with E-state index in [9.17, 15) is 0 Å². The Balaban J connectivity index is 1.51. The molecule has 4 heterocycles. The first-order valence-corrected chi connectivity index (χ1v) is 8.58. The molecule has 1 N–H and O–H groups in total. The van der Waals surface area contributed by atoms with Gasteiger partial charge in [0, 0.05) is 55.1 Å². The third kappa shape index (κ3) is 2.58. The normalized spacial score (nSPS) is 28.9. The summed E-state index contributed by atoms with van der Waals surface area (Å²) in [6.07, 6.45) is 7.81. The van der Waals surface area contributed by atoms with Crippen molar-refractivity contribution in [1.82, 2.24) is 18.8 Å². The molecule has 2 saturated heterocycles. The minimum absolute atomic E-state index is 0.170. The maximum atomic E-state index is 9.09. The van der Waals surface area contributed by atoms with Gasteiger partial charge in [-0.1, -0.05) is 0 Å². The predicted molar refractivity (Wildman–Crippen MR) is 83.8 cm³/mol. The molecule has 0 radical (unpaired) electrons. The lowest BCUT2D eigenvalue weighted by Gasteiger charge is -2.34. The van der Waals surface area contributed by atoms with E-state index in [0.717, 1.165) is 43.9 Å². The Kier molecular flexibility index (Phi) is 3.96. The number of fused-ring (bicyclic) bond motifs is 1. The molecule has 2 aliphatic heterocycles. The van der Waals surface area contributed by atoms with Crippen molar-refractivity contribution in [1.29, 1.82) is 0 Å². The van der Waals surface area contributed by atoms with Gasteiger partial charge < -0.3 is 14.4 Å². The average molecular weight is 320 g/mol. The van der Waals surface area contributed by atoms with Crippen LogP contribution in [0.3, 0.4) is 0 Å². The van der Waals surface area contributed by atoms with Gasteiger partial charge in [0.15, 0.2) is 0 Å². The van der Waals surface area contributed by atoms with Crippen molar-refractivity contribution in [3.05, 3.63) is 24.0 Å². The number of hydrogen-bond acceptors (Lipinski definition) is 6. The fourth-order valence-corrected chi connectivity index (χ4v) is 4.10. The highest BCUT2D eigenvalue weighted by Gasteiger charge is 2.38. The molecule has 6 nitrogen and oxygen atoms in total. The van der Waals surface area contributed by atoms with Crippen molar-refractivity contribution >= 4 is 11.5 Å². The number of morpholine rings is 1. The molecular weight excluding hydrogens is 300 g/mol. The van der Waals surface area contributed by atoms with Gasteiger partial charge in [-0.25, -0.2) is 9.36 Å². The Morgan fingerprint density at radius 1 is 1.36 bits per heavy atom. The Labute approximate surface area is 133 Å². The molecule has 0 aliphatic carbocycles. The Bertz CT molecular complexity index is 615. The van der Waals surface area contributed by atoms with Gasteiger partial charge >= 0.3 is 0 Å². The predicted octanol–water partition coefficient (Wildman–Crippen LogP) is 1.40. The summed E-state index contributed by atoms with van der Waals surface area (Å²) in [5.74, 6) is 1.01. The molecule has 0 bridgehead atoms. The second kappa shape index (κ2) is 6.08. The summed E-state index contributed by atoms with van der Waals surface area (Å²) in [4.78, 5) is 7.02. The fourth-order valence-electron chi connectivity index (χ4n) is 3.58. The van der Waals surface area contributed by atoms with Crippen LogP contribution in [0.15, 0.2) is 24.0 Å². The van der Waals surface area contributed by atoms with E-state index in [4.69, 9.17) is 9.84 Å². The zero-order valence-electron chi connectivity index (χ0n) is 12.3. The standard InChI is InChI=1S/C15H20N4O2S/c20-4-1-14-8-18-7-12(5-13(18)9-21-14)19-3-2-16-15(19)11-6-17-22-10-11/h2-3,6,10,12-14,20H,1,4-5,7-9H2/t12-,13-,14-/m0/s1. The molecule has 2 fully saturated rings. The first-order valence-electron chi connectivity index (χ1n) is 7.74. The quantitative estimate of drug-likeness (QED) is 0.923. The van der Waals surface area contributed by atoms with Crippen LogP contribution in [0.1, 0.15) is 18.9 Å². The van der Waals surface area contributed by atoms with E-state index in [0.29, 0.717) is 12.1 Å². The number of aliphatic hydroxyl groups excluding tert-OH is 1. The Morgan fingerprint density at radius 2 is 2.32 bits per heavy atom. The van der Waals surface area contributed by atoms with Crippen LogP contribution in [0.5, 0.6) is 0 Å². The topological polar surface area (TPSA) is 63.4 Å². The lowest BCUT2D eigenvalue weighted by molar-refractivity contribution is -0.0567. The van der Waals surface area contributed by atoms with Crippen LogP contribution in [0.4, 0.5) is 0 Å². The molecule has 3 atom stereocenters. The lowest BCUT2D eigenvalue weighted by Crippen LogP contribution is -2.46. The summed E-state index contributed by atoms with van der Waals surface area (Å²) in [6.45, 7) is 2.91. The van der Waals surface area contributed by atoms with Gasteiger partial charge in [0.2, 0.25) is 0 Å². The second-order valence-corrected chi connectivity index (χ2v) is 6.69. The molecule has 2 aliphatic rings. The molecule has 2 aromatic heterocycles. The van der Waals surface area contributed by atoms with Crippen molar-refractivity contribution in [3.8, 4) is 11.4 Å².